The van der Waals surface area contributed by atoms with Crippen molar-refractivity contribution >= 4 is 30.9 Å². The first-order chi connectivity index (χ1) is 12.5. The Morgan fingerprint density at radius 2 is 1.27 bits per heavy atom. The SMILES string of the molecule is COc1ccc(/C=C\c2cc(OC)c(OC)c(OC)c2)cc1OP(C)Cl. The van der Waals surface area contributed by atoms with Crippen molar-refractivity contribution < 1.29 is 23.5 Å². The van der Waals surface area contributed by atoms with E-state index in [1.165, 1.54) is 0 Å². The predicted octanol–water partition coefficient (Wildman–Crippen LogP) is 5.45. The molecule has 0 bridgehead atoms. The summed E-state index contributed by atoms with van der Waals surface area (Å²) in [5.74, 6) is 3.02. The number of ether oxygens (including phenoxy) is 4. The maximum atomic E-state index is 5.99. The molecule has 26 heavy (non-hydrogen) atoms. The quantitative estimate of drug-likeness (QED) is 0.438. The van der Waals surface area contributed by atoms with E-state index in [9.17, 15) is 0 Å². The fraction of sp³-hybridized carbons (Fsp3) is 0.263. The summed E-state index contributed by atoms with van der Waals surface area (Å²) in [7, 11) is 5.29. The average Bonchev–Trinajstić information content (AvgIpc) is 2.65. The molecule has 7 heteroatoms. The standard InChI is InChI=1S/C19H22ClO5P/c1-21-15-9-8-13(10-16(15)25-26(5)20)6-7-14-11-17(22-2)19(24-4)18(12-14)23-3/h6-12H,1-5H3/b7-6-. The largest absolute Gasteiger partial charge is 0.493 e. The second-order valence-corrected chi connectivity index (χ2v) is 7.67. The van der Waals surface area contributed by atoms with Gasteiger partial charge in [0.05, 0.1) is 28.4 Å². The molecule has 0 heterocycles. The summed E-state index contributed by atoms with van der Waals surface area (Å²) in [6.07, 6.45) is 3.91. The van der Waals surface area contributed by atoms with Crippen molar-refractivity contribution in [1.82, 2.24) is 0 Å². The molecule has 0 aromatic heterocycles. The number of halogens is 1. The number of methoxy groups -OCH3 is 4. The van der Waals surface area contributed by atoms with Crippen LogP contribution in [0.3, 0.4) is 0 Å². The molecule has 0 N–H and O–H groups in total. The smallest absolute Gasteiger partial charge is 0.203 e. The molecule has 2 aromatic carbocycles. The first-order valence-electron chi connectivity index (χ1n) is 7.76. The lowest BCUT2D eigenvalue weighted by atomic mass is 10.1. The van der Waals surface area contributed by atoms with E-state index in [0.717, 1.165) is 11.1 Å². The van der Waals surface area contributed by atoms with E-state index in [1.807, 2.05) is 49.1 Å². The molecule has 0 fully saturated rings. The minimum absolute atomic E-state index is 0.561. The van der Waals surface area contributed by atoms with Crippen LogP contribution >= 0.6 is 18.7 Å². The lowest BCUT2D eigenvalue weighted by Crippen LogP contribution is -1.95. The molecule has 0 aliphatic rings. The summed E-state index contributed by atoms with van der Waals surface area (Å²) in [4.78, 5) is 0. The van der Waals surface area contributed by atoms with Gasteiger partial charge < -0.3 is 23.5 Å². The van der Waals surface area contributed by atoms with Gasteiger partial charge in [0.2, 0.25) is 5.75 Å². The van der Waals surface area contributed by atoms with Crippen molar-refractivity contribution in [1.29, 1.82) is 0 Å². The Balaban J connectivity index is 2.34. The number of benzene rings is 2. The van der Waals surface area contributed by atoms with Gasteiger partial charge in [0.1, 0.15) is 0 Å². The van der Waals surface area contributed by atoms with Gasteiger partial charge in [-0.25, -0.2) is 0 Å². The van der Waals surface area contributed by atoms with Crippen molar-refractivity contribution in [3.8, 4) is 28.7 Å². The summed E-state index contributed by atoms with van der Waals surface area (Å²) in [5.41, 5.74) is 1.86. The van der Waals surface area contributed by atoms with Gasteiger partial charge in [-0.1, -0.05) is 29.5 Å². The molecular weight excluding hydrogens is 375 g/mol. The highest BCUT2D eigenvalue weighted by Crippen LogP contribution is 2.43. The van der Waals surface area contributed by atoms with Crippen molar-refractivity contribution in [2.45, 2.75) is 0 Å². The Hall–Kier alpha value is -2.10. The number of hydrogen-bond acceptors (Lipinski definition) is 5. The second kappa shape index (κ2) is 9.56. The molecule has 2 rings (SSSR count). The zero-order valence-electron chi connectivity index (χ0n) is 15.4. The topological polar surface area (TPSA) is 46.2 Å². The molecule has 1 atom stereocenters. The summed E-state index contributed by atoms with van der Waals surface area (Å²) in [6.45, 7) is 1.81. The van der Waals surface area contributed by atoms with Crippen LogP contribution in [0.2, 0.25) is 0 Å². The van der Waals surface area contributed by atoms with Crippen LogP contribution in [-0.2, 0) is 0 Å². The van der Waals surface area contributed by atoms with Crippen molar-refractivity contribution in [3.05, 3.63) is 41.5 Å². The van der Waals surface area contributed by atoms with E-state index in [4.69, 9.17) is 34.7 Å². The lowest BCUT2D eigenvalue weighted by molar-refractivity contribution is 0.324. The molecule has 0 saturated heterocycles. The molecule has 0 aliphatic heterocycles. The molecule has 140 valence electrons. The summed E-state index contributed by atoms with van der Waals surface area (Å²) < 4.78 is 27.0. The van der Waals surface area contributed by atoms with Gasteiger partial charge in [-0.05, 0) is 35.4 Å². The van der Waals surface area contributed by atoms with E-state index in [0.29, 0.717) is 28.7 Å². The molecule has 1 unspecified atom stereocenters. The molecule has 0 spiro atoms. The molecule has 5 nitrogen and oxygen atoms in total. The zero-order chi connectivity index (χ0) is 19.1. The van der Waals surface area contributed by atoms with E-state index in [1.54, 1.807) is 28.4 Å². The highest BCUT2D eigenvalue weighted by Gasteiger charge is 2.12. The molecule has 2 aromatic rings. The third-order valence-corrected chi connectivity index (χ3v) is 4.22. The molecule has 0 amide bonds. The van der Waals surface area contributed by atoms with Crippen LogP contribution in [-0.4, -0.2) is 35.1 Å². The minimum atomic E-state index is -1.06. The van der Waals surface area contributed by atoms with E-state index >= 15 is 0 Å². The van der Waals surface area contributed by atoms with Gasteiger partial charge in [0, 0.05) is 6.66 Å². The Morgan fingerprint density at radius 3 is 1.77 bits per heavy atom. The Morgan fingerprint density at radius 1 is 0.731 bits per heavy atom. The Kier molecular flexibility index (Phi) is 7.43. The third kappa shape index (κ3) is 4.96. The maximum absolute atomic E-state index is 5.99. The van der Waals surface area contributed by atoms with Gasteiger partial charge in [0.15, 0.2) is 30.5 Å². The molecule has 0 radical (unpaired) electrons. The fourth-order valence-corrected chi connectivity index (χ4v) is 3.03. The maximum Gasteiger partial charge on any atom is 0.203 e. The van der Waals surface area contributed by atoms with E-state index in [2.05, 4.69) is 0 Å². The number of hydrogen-bond donors (Lipinski definition) is 0. The van der Waals surface area contributed by atoms with E-state index in [-0.39, 0.29) is 0 Å². The highest BCUT2D eigenvalue weighted by molar-refractivity contribution is 7.79. The summed E-state index contributed by atoms with van der Waals surface area (Å²) in [6, 6.07) is 9.42. The van der Waals surface area contributed by atoms with Crippen LogP contribution in [0.1, 0.15) is 11.1 Å². The fourth-order valence-electron chi connectivity index (χ4n) is 2.39. The molecule has 0 saturated carbocycles. The van der Waals surface area contributed by atoms with Crippen molar-refractivity contribution in [3.63, 3.8) is 0 Å². The van der Waals surface area contributed by atoms with Gasteiger partial charge in [-0.3, -0.25) is 0 Å². The third-order valence-electron chi connectivity index (χ3n) is 3.57. The van der Waals surface area contributed by atoms with E-state index < -0.39 is 7.50 Å². The van der Waals surface area contributed by atoms with Gasteiger partial charge in [0.25, 0.3) is 0 Å². The molecular formula is C19H22ClO5P. The van der Waals surface area contributed by atoms with Gasteiger partial charge in [-0.2, -0.15) is 0 Å². The van der Waals surface area contributed by atoms with Gasteiger partial charge >= 0.3 is 0 Å². The number of rotatable bonds is 8. The van der Waals surface area contributed by atoms with Crippen LogP contribution in [0.15, 0.2) is 30.3 Å². The highest BCUT2D eigenvalue weighted by atomic mass is 35.7. The van der Waals surface area contributed by atoms with Crippen molar-refractivity contribution in [2.24, 2.45) is 0 Å². The first-order valence-corrected chi connectivity index (χ1v) is 10.4. The van der Waals surface area contributed by atoms with Crippen molar-refractivity contribution in [2.75, 3.05) is 35.1 Å². The normalized spacial score (nSPS) is 11.9. The zero-order valence-corrected chi connectivity index (χ0v) is 17.1. The van der Waals surface area contributed by atoms with Crippen LogP contribution in [0, 0.1) is 0 Å². The van der Waals surface area contributed by atoms with Gasteiger partial charge in [-0.15, -0.1) is 0 Å². The first kappa shape index (κ1) is 20.2. The Bertz CT molecular complexity index is 752. The minimum Gasteiger partial charge on any atom is -0.493 e. The monoisotopic (exact) mass is 396 g/mol. The predicted molar refractivity (Wildman–Crippen MR) is 107 cm³/mol. The van der Waals surface area contributed by atoms with Crippen LogP contribution in [0.5, 0.6) is 28.7 Å². The molecule has 0 aliphatic carbocycles. The Labute approximate surface area is 160 Å². The average molecular weight is 397 g/mol. The summed E-state index contributed by atoms with van der Waals surface area (Å²) in [5, 5.41) is 0. The van der Waals surface area contributed by atoms with Crippen LogP contribution in [0.25, 0.3) is 12.2 Å². The summed E-state index contributed by atoms with van der Waals surface area (Å²) >= 11 is 5.99. The van der Waals surface area contributed by atoms with Crippen LogP contribution in [0.4, 0.5) is 0 Å². The van der Waals surface area contributed by atoms with Crippen LogP contribution < -0.4 is 23.5 Å². The second-order valence-electron chi connectivity index (χ2n) is 5.21. The lowest BCUT2D eigenvalue weighted by Gasteiger charge is -2.13.